The number of benzene rings is 2. The van der Waals surface area contributed by atoms with E-state index in [4.69, 9.17) is 9.84 Å². The highest BCUT2D eigenvalue weighted by Crippen LogP contribution is 2.44. The van der Waals surface area contributed by atoms with Gasteiger partial charge >= 0.3 is 12.1 Å². The average Bonchev–Trinajstić information content (AvgIpc) is 3.16. The second kappa shape index (κ2) is 10.7. The predicted molar refractivity (Wildman–Crippen MR) is 125 cm³/mol. The maximum absolute atomic E-state index is 12.6. The highest BCUT2D eigenvalue weighted by atomic mass is 16.5. The summed E-state index contributed by atoms with van der Waals surface area (Å²) in [5.74, 6) is -1.96. The van der Waals surface area contributed by atoms with Crippen LogP contribution in [0, 0.1) is 5.92 Å². The van der Waals surface area contributed by atoms with Crippen LogP contribution in [0.1, 0.15) is 49.1 Å². The SMILES string of the molecule is O=C(N[C@H]1CCC[C@@H](C(=O)N[C@@H](CCO)C(=O)O)C1)OCC1c2ccccc2-c2ccccc21. The Morgan fingerprint density at radius 1 is 1.00 bits per heavy atom. The molecule has 34 heavy (non-hydrogen) atoms. The fraction of sp³-hybridized carbons (Fsp3) is 0.423. The van der Waals surface area contributed by atoms with Gasteiger partial charge in [-0.25, -0.2) is 9.59 Å². The summed E-state index contributed by atoms with van der Waals surface area (Å²) < 4.78 is 5.61. The summed E-state index contributed by atoms with van der Waals surface area (Å²) in [6.07, 6.45) is 1.95. The van der Waals surface area contributed by atoms with Crippen LogP contribution in [0.5, 0.6) is 0 Å². The first kappa shape index (κ1) is 23.8. The van der Waals surface area contributed by atoms with Crippen LogP contribution in [0.15, 0.2) is 48.5 Å². The smallest absolute Gasteiger partial charge is 0.407 e. The number of rotatable bonds is 8. The Morgan fingerprint density at radius 3 is 2.26 bits per heavy atom. The molecule has 8 nitrogen and oxygen atoms in total. The van der Waals surface area contributed by atoms with Crippen molar-refractivity contribution >= 4 is 18.0 Å². The monoisotopic (exact) mass is 466 g/mol. The standard InChI is InChI=1S/C26H30N2O6/c29-13-12-23(25(31)32)28-24(30)16-6-5-7-17(14-16)27-26(33)34-15-22-20-10-3-1-8-18(20)19-9-2-4-11-21(19)22/h1-4,8-11,16-17,22-23,29H,5-7,12-15H2,(H,27,33)(H,28,30)(H,31,32)/t16-,17+,23+/m1/s1. The molecule has 8 heteroatoms. The van der Waals surface area contributed by atoms with E-state index < -0.39 is 24.0 Å². The number of ether oxygens (including phenoxy) is 1. The molecule has 2 aliphatic rings. The van der Waals surface area contributed by atoms with E-state index in [9.17, 15) is 19.5 Å². The van der Waals surface area contributed by atoms with Crippen molar-refractivity contribution in [2.24, 2.45) is 5.92 Å². The maximum atomic E-state index is 12.6. The molecule has 0 radical (unpaired) electrons. The van der Waals surface area contributed by atoms with Gasteiger partial charge in [0.2, 0.25) is 5.91 Å². The second-order valence-corrected chi connectivity index (χ2v) is 8.94. The average molecular weight is 467 g/mol. The summed E-state index contributed by atoms with van der Waals surface area (Å²) in [4.78, 5) is 36.4. The molecule has 0 unspecified atom stereocenters. The maximum Gasteiger partial charge on any atom is 0.407 e. The summed E-state index contributed by atoms with van der Waals surface area (Å²) in [7, 11) is 0. The van der Waals surface area contributed by atoms with Crippen molar-refractivity contribution in [3.05, 3.63) is 59.7 Å². The van der Waals surface area contributed by atoms with Crippen LogP contribution in [0.2, 0.25) is 0 Å². The predicted octanol–water partition coefficient (Wildman–Crippen LogP) is 3.04. The Morgan fingerprint density at radius 2 is 1.65 bits per heavy atom. The van der Waals surface area contributed by atoms with Crippen molar-refractivity contribution in [1.82, 2.24) is 10.6 Å². The minimum atomic E-state index is -1.17. The van der Waals surface area contributed by atoms with Crippen molar-refractivity contribution < 1.29 is 29.3 Å². The molecule has 0 aliphatic heterocycles. The lowest BCUT2D eigenvalue weighted by atomic mass is 9.85. The molecule has 0 aromatic heterocycles. The van der Waals surface area contributed by atoms with Gasteiger partial charge in [0.05, 0.1) is 0 Å². The van der Waals surface area contributed by atoms with Gasteiger partial charge in [0.1, 0.15) is 12.6 Å². The summed E-state index contributed by atoms with van der Waals surface area (Å²) in [5.41, 5.74) is 4.60. The van der Waals surface area contributed by atoms with Gasteiger partial charge in [0.15, 0.2) is 0 Å². The van der Waals surface area contributed by atoms with Crippen molar-refractivity contribution in [3.63, 3.8) is 0 Å². The lowest BCUT2D eigenvalue weighted by Gasteiger charge is -2.29. The minimum absolute atomic E-state index is 0.0255. The third-order valence-electron chi connectivity index (χ3n) is 6.74. The molecule has 2 amide bonds. The largest absolute Gasteiger partial charge is 0.480 e. The van der Waals surface area contributed by atoms with E-state index in [1.54, 1.807) is 0 Å². The number of nitrogens with one attached hydrogen (secondary N) is 2. The molecule has 2 aliphatic carbocycles. The molecule has 1 saturated carbocycles. The Labute approximate surface area is 198 Å². The fourth-order valence-corrected chi connectivity index (χ4v) is 5.04. The summed E-state index contributed by atoms with van der Waals surface area (Å²) in [5, 5.41) is 23.6. The Kier molecular flexibility index (Phi) is 7.47. The van der Waals surface area contributed by atoms with E-state index in [2.05, 4.69) is 34.9 Å². The molecule has 0 heterocycles. The highest BCUT2D eigenvalue weighted by molar-refractivity contribution is 5.85. The molecule has 4 N–H and O–H groups in total. The summed E-state index contributed by atoms with van der Waals surface area (Å²) in [6, 6.07) is 14.9. The van der Waals surface area contributed by atoms with E-state index in [1.165, 1.54) is 0 Å². The number of aliphatic carboxylic acids is 1. The van der Waals surface area contributed by atoms with E-state index in [0.717, 1.165) is 35.1 Å². The van der Waals surface area contributed by atoms with Crippen molar-refractivity contribution in [2.45, 2.75) is 50.1 Å². The van der Waals surface area contributed by atoms with Crippen LogP contribution in [-0.2, 0) is 14.3 Å². The molecule has 0 saturated heterocycles. The molecule has 2 aromatic carbocycles. The van der Waals surface area contributed by atoms with Crippen molar-refractivity contribution in [1.29, 1.82) is 0 Å². The molecular formula is C26H30N2O6. The minimum Gasteiger partial charge on any atom is -0.480 e. The lowest BCUT2D eigenvalue weighted by Crippen LogP contribution is -2.47. The molecular weight excluding hydrogens is 436 g/mol. The number of aliphatic hydroxyl groups excluding tert-OH is 1. The number of carbonyl (C=O) groups excluding carboxylic acids is 2. The van der Waals surface area contributed by atoms with Crippen molar-refractivity contribution in [3.8, 4) is 11.1 Å². The molecule has 2 aromatic rings. The first-order chi connectivity index (χ1) is 16.5. The molecule has 3 atom stereocenters. The van der Waals surface area contributed by atoms with Crippen LogP contribution < -0.4 is 10.6 Å². The number of hydrogen-bond donors (Lipinski definition) is 4. The van der Waals surface area contributed by atoms with E-state index in [-0.39, 0.29) is 37.5 Å². The van der Waals surface area contributed by atoms with Crippen LogP contribution in [0.3, 0.4) is 0 Å². The zero-order chi connectivity index (χ0) is 24.1. The van der Waals surface area contributed by atoms with Crippen LogP contribution >= 0.6 is 0 Å². The van der Waals surface area contributed by atoms with Crippen LogP contribution in [-0.4, -0.2) is 53.5 Å². The number of amides is 2. The zero-order valence-corrected chi connectivity index (χ0v) is 18.9. The van der Waals surface area contributed by atoms with Gasteiger partial charge in [-0.05, 0) is 41.5 Å². The third kappa shape index (κ3) is 5.22. The molecule has 1 fully saturated rings. The number of alkyl carbamates (subject to hydrolysis) is 1. The van der Waals surface area contributed by atoms with Crippen LogP contribution in [0.25, 0.3) is 11.1 Å². The Hall–Kier alpha value is -3.39. The zero-order valence-electron chi connectivity index (χ0n) is 18.9. The molecule has 180 valence electrons. The van der Waals surface area contributed by atoms with Gasteiger partial charge in [-0.15, -0.1) is 0 Å². The van der Waals surface area contributed by atoms with E-state index in [1.807, 2.05) is 24.3 Å². The van der Waals surface area contributed by atoms with Crippen molar-refractivity contribution in [2.75, 3.05) is 13.2 Å². The highest BCUT2D eigenvalue weighted by Gasteiger charge is 2.32. The van der Waals surface area contributed by atoms with Gasteiger partial charge < -0.3 is 25.6 Å². The Balaban J connectivity index is 1.31. The van der Waals surface area contributed by atoms with E-state index in [0.29, 0.717) is 12.8 Å². The molecule has 0 spiro atoms. The molecule has 4 rings (SSSR count). The van der Waals surface area contributed by atoms with Gasteiger partial charge in [0, 0.05) is 30.9 Å². The third-order valence-corrected chi connectivity index (χ3v) is 6.74. The number of carbonyl (C=O) groups is 3. The second-order valence-electron chi connectivity index (χ2n) is 8.94. The van der Waals surface area contributed by atoms with Crippen LogP contribution in [0.4, 0.5) is 4.79 Å². The van der Waals surface area contributed by atoms with Gasteiger partial charge in [-0.1, -0.05) is 55.0 Å². The number of carboxylic acid groups (broad SMARTS) is 1. The summed E-state index contributed by atoms with van der Waals surface area (Å²) in [6.45, 7) is -0.105. The van der Waals surface area contributed by atoms with Gasteiger partial charge in [-0.3, -0.25) is 4.79 Å². The quantitative estimate of drug-likeness (QED) is 0.474. The molecule has 0 bridgehead atoms. The van der Waals surface area contributed by atoms with Gasteiger partial charge in [0.25, 0.3) is 0 Å². The normalized spacial score (nSPS) is 20.0. The first-order valence-corrected chi connectivity index (χ1v) is 11.7. The lowest BCUT2D eigenvalue weighted by molar-refractivity contribution is -0.143. The Bertz CT molecular complexity index is 1010. The number of fused-ring (bicyclic) bond motifs is 3. The first-order valence-electron chi connectivity index (χ1n) is 11.7. The number of aliphatic hydroxyl groups is 1. The number of hydrogen-bond acceptors (Lipinski definition) is 5. The topological polar surface area (TPSA) is 125 Å². The van der Waals surface area contributed by atoms with E-state index >= 15 is 0 Å². The summed E-state index contributed by atoms with van der Waals surface area (Å²) >= 11 is 0. The number of carboxylic acids is 1. The fourth-order valence-electron chi connectivity index (χ4n) is 5.04. The van der Waals surface area contributed by atoms with Gasteiger partial charge in [-0.2, -0.15) is 0 Å².